The SMILES string of the molecule is C=CCOC(=O)c1sc(N2C(=O)C(=O)/C(=C(/O)c3ccncc3)C2c2cccc(OCC=C)c2)nc1C. The molecule has 1 unspecified atom stereocenters. The van der Waals surface area contributed by atoms with Crippen LogP contribution in [0.2, 0.25) is 0 Å². The van der Waals surface area contributed by atoms with Gasteiger partial charge in [-0.2, -0.15) is 0 Å². The average Bonchev–Trinajstić information content (AvgIpc) is 3.42. The molecule has 1 atom stereocenters. The second kappa shape index (κ2) is 11.0. The fourth-order valence-electron chi connectivity index (χ4n) is 3.81. The van der Waals surface area contributed by atoms with Crippen LogP contribution in [-0.4, -0.2) is 45.9 Å². The zero-order valence-corrected chi connectivity index (χ0v) is 20.7. The summed E-state index contributed by atoms with van der Waals surface area (Å²) in [5, 5.41) is 11.3. The highest BCUT2D eigenvalue weighted by Crippen LogP contribution is 2.44. The molecule has 9 nitrogen and oxygen atoms in total. The fourth-order valence-corrected chi connectivity index (χ4v) is 4.80. The number of aromatic nitrogens is 2. The second-order valence-corrected chi connectivity index (χ2v) is 8.85. The summed E-state index contributed by atoms with van der Waals surface area (Å²) in [7, 11) is 0. The molecule has 1 fully saturated rings. The number of hydrogen-bond donors (Lipinski definition) is 1. The molecule has 0 bridgehead atoms. The number of esters is 1. The van der Waals surface area contributed by atoms with Gasteiger partial charge in [0.2, 0.25) is 0 Å². The first-order chi connectivity index (χ1) is 17.9. The Morgan fingerprint density at radius 2 is 1.89 bits per heavy atom. The van der Waals surface area contributed by atoms with E-state index in [1.165, 1.54) is 35.5 Å². The topological polar surface area (TPSA) is 119 Å². The molecule has 1 aromatic carbocycles. The minimum Gasteiger partial charge on any atom is -0.507 e. The van der Waals surface area contributed by atoms with Crippen molar-refractivity contribution in [2.45, 2.75) is 13.0 Å². The first-order valence-electron chi connectivity index (χ1n) is 11.2. The van der Waals surface area contributed by atoms with Gasteiger partial charge in [-0.15, -0.1) is 0 Å². The molecule has 1 N–H and O–H groups in total. The molecular formula is C27H23N3O6S. The van der Waals surface area contributed by atoms with Crippen LogP contribution in [0.15, 0.2) is 79.7 Å². The molecule has 4 rings (SSSR count). The second-order valence-electron chi connectivity index (χ2n) is 7.88. The molecule has 37 heavy (non-hydrogen) atoms. The number of ether oxygens (including phenoxy) is 2. The van der Waals surface area contributed by atoms with Gasteiger partial charge >= 0.3 is 11.9 Å². The Kier molecular flexibility index (Phi) is 7.59. The maximum Gasteiger partial charge on any atom is 0.350 e. The molecule has 10 heteroatoms. The zero-order chi connectivity index (χ0) is 26.5. The number of thiazole rings is 1. The van der Waals surface area contributed by atoms with Gasteiger partial charge in [0, 0.05) is 18.0 Å². The Hall–Kier alpha value is -4.57. The van der Waals surface area contributed by atoms with Gasteiger partial charge < -0.3 is 14.6 Å². The monoisotopic (exact) mass is 517 g/mol. The number of nitrogens with zero attached hydrogens (tertiary/aromatic N) is 3. The van der Waals surface area contributed by atoms with Crippen LogP contribution in [0, 0.1) is 6.92 Å². The van der Waals surface area contributed by atoms with Gasteiger partial charge in [-0.3, -0.25) is 19.5 Å². The molecule has 0 radical (unpaired) electrons. The minimum absolute atomic E-state index is 0.0133. The van der Waals surface area contributed by atoms with Crippen molar-refractivity contribution in [3.63, 3.8) is 0 Å². The zero-order valence-electron chi connectivity index (χ0n) is 19.9. The van der Waals surface area contributed by atoms with Crippen LogP contribution in [0.5, 0.6) is 5.75 Å². The third-order valence-electron chi connectivity index (χ3n) is 5.45. The van der Waals surface area contributed by atoms with Gasteiger partial charge in [-0.05, 0) is 36.8 Å². The lowest BCUT2D eigenvalue weighted by Gasteiger charge is -2.23. The van der Waals surface area contributed by atoms with Crippen molar-refractivity contribution in [2.75, 3.05) is 18.1 Å². The summed E-state index contributed by atoms with van der Waals surface area (Å²) < 4.78 is 10.8. The lowest BCUT2D eigenvalue weighted by Crippen LogP contribution is -2.29. The first-order valence-corrected chi connectivity index (χ1v) is 12.0. The van der Waals surface area contributed by atoms with Crippen molar-refractivity contribution >= 4 is 39.9 Å². The quantitative estimate of drug-likeness (QED) is 0.146. The number of pyridine rings is 1. The number of benzene rings is 1. The maximum absolute atomic E-state index is 13.4. The van der Waals surface area contributed by atoms with Crippen LogP contribution in [0.25, 0.3) is 5.76 Å². The Labute approximate surface area is 217 Å². The van der Waals surface area contributed by atoms with Gasteiger partial charge in [0.05, 0.1) is 17.3 Å². The smallest absolute Gasteiger partial charge is 0.350 e. The van der Waals surface area contributed by atoms with Crippen molar-refractivity contribution in [3.8, 4) is 5.75 Å². The minimum atomic E-state index is -1.04. The van der Waals surface area contributed by atoms with Gasteiger partial charge in [0.15, 0.2) is 5.13 Å². The normalized spacial score (nSPS) is 16.5. The lowest BCUT2D eigenvalue weighted by molar-refractivity contribution is -0.132. The Bertz CT molecular complexity index is 1410. The molecule has 188 valence electrons. The van der Waals surface area contributed by atoms with Crippen LogP contribution in [0.1, 0.15) is 32.5 Å². The number of ketones is 1. The summed E-state index contributed by atoms with van der Waals surface area (Å²) in [6.45, 7) is 9.04. The van der Waals surface area contributed by atoms with E-state index in [9.17, 15) is 19.5 Å². The summed E-state index contributed by atoms with van der Waals surface area (Å²) in [5.41, 5.74) is 1.04. The van der Waals surface area contributed by atoms with Crippen molar-refractivity contribution in [2.24, 2.45) is 0 Å². The third-order valence-corrected chi connectivity index (χ3v) is 6.59. The molecule has 3 heterocycles. The van der Waals surface area contributed by atoms with E-state index in [4.69, 9.17) is 9.47 Å². The predicted molar refractivity (Wildman–Crippen MR) is 138 cm³/mol. The maximum atomic E-state index is 13.4. The van der Waals surface area contributed by atoms with Crippen LogP contribution in [-0.2, 0) is 14.3 Å². The average molecular weight is 518 g/mol. The van der Waals surface area contributed by atoms with Crippen molar-refractivity contribution in [1.29, 1.82) is 0 Å². The van der Waals surface area contributed by atoms with E-state index in [1.54, 1.807) is 37.3 Å². The van der Waals surface area contributed by atoms with E-state index < -0.39 is 23.7 Å². The van der Waals surface area contributed by atoms with E-state index >= 15 is 0 Å². The fraction of sp³-hybridized carbons (Fsp3) is 0.148. The van der Waals surface area contributed by atoms with E-state index in [-0.39, 0.29) is 34.6 Å². The summed E-state index contributed by atoms with van der Waals surface area (Å²) in [4.78, 5) is 48.9. The van der Waals surface area contributed by atoms with E-state index in [0.717, 1.165) is 11.3 Å². The molecule has 1 aliphatic rings. The van der Waals surface area contributed by atoms with Crippen molar-refractivity contribution < 1.29 is 29.0 Å². The number of rotatable bonds is 9. The number of aliphatic hydroxyl groups excluding tert-OH is 1. The summed E-state index contributed by atoms with van der Waals surface area (Å²) in [5.74, 6) is -2.27. The Morgan fingerprint density at radius 3 is 2.59 bits per heavy atom. The molecule has 0 saturated carbocycles. The highest BCUT2D eigenvalue weighted by atomic mass is 32.1. The largest absolute Gasteiger partial charge is 0.507 e. The summed E-state index contributed by atoms with van der Waals surface area (Å²) in [6.07, 6.45) is 5.96. The number of carbonyl (C=O) groups excluding carboxylic acids is 3. The standard InChI is InChI=1S/C27H23N3O6S/c1-4-13-35-19-8-6-7-18(15-19)21-20(22(31)17-9-11-28-12-10-17)23(32)25(33)30(21)27-29-16(3)24(37-27)26(34)36-14-5-2/h4-12,15,21,31H,1-2,13-14H2,3H3/b22-20+. The summed E-state index contributed by atoms with van der Waals surface area (Å²) in [6, 6.07) is 8.85. The van der Waals surface area contributed by atoms with E-state index in [2.05, 4.69) is 23.1 Å². The van der Waals surface area contributed by atoms with Crippen molar-refractivity contribution in [3.05, 3.63) is 101 Å². The lowest BCUT2D eigenvalue weighted by atomic mass is 9.95. The molecule has 3 aromatic rings. The molecule has 2 aromatic heterocycles. The molecular weight excluding hydrogens is 494 g/mol. The first kappa shape index (κ1) is 25.5. The van der Waals surface area contributed by atoms with E-state index in [0.29, 0.717) is 22.6 Å². The number of amides is 1. The van der Waals surface area contributed by atoms with Gasteiger partial charge in [0.25, 0.3) is 5.78 Å². The summed E-state index contributed by atoms with van der Waals surface area (Å²) >= 11 is 0.921. The Morgan fingerprint density at radius 1 is 1.16 bits per heavy atom. The number of hydrogen-bond acceptors (Lipinski definition) is 9. The van der Waals surface area contributed by atoms with Gasteiger partial charge in [-0.1, -0.05) is 48.8 Å². The van der Waals surface area contributed by atoms with Crippen LogP contribution in [0.3, 0.4) is 0 Å². The van der Waals surface area contributed by atoms with Crippen LogP contribution in [0.4, 0.5) is 5.13 Å². The highest BCUT2D eigenvalue weighted by molar-refractivity contribution is 7.17. The van der Waals surface area contributed by atoms with Crippen LogP contribution >= 0.6 is 11.3 Å². The molecule has 1 amide bonds. The number of Topliss-reactive ketones (excluding diaryl/α,β-unsaturated/α-hetero) is 1. The van der Waals surface area contributed by atoms with E-state index in [1.807, 2.05) is 0 Å². The van der Waals surface area contributed by atoms with Crippen LogP contribution < -0.4 is 9.64 Å². The van der Waals surface area contributed by atoms with Crippen molar-refractivity contribution in [1.82, 2.24) is 9.97 Å². The molecule has 1 saturated heterocycles. The van der Waals surface area contributed by atoms with Gasteiger partial charge in [-0.25, -0.2) is 9.78 Å². The molecule has 0 aliphatic carbocycles. The third kappa shape index (κ3) is 5.05. The predicted octanol–water partition coefficient (Wildman–Crippen LogP) is 4.38. The number of anilines is 1. The van der Waals surface area contributed by atoms with Gasteiger partial charge in [0.1, 0.15) is 29.6 Å². The molecule has 0 spiro atoms. The number of carbonyl (C=O) groups is 3. The number of aliphatic hydroxyl groups is 1. The highest BCUT2D eigenvalue weighted by Gasteiger charge is 2.48. The Balaban J connectivity index is 1.88. The molecule has 1 aliphatic heterocycles. The number of aryl methyl sites for hydroxylation is 1.